The Kier molecular flexibility index (Phi) is 6.24. The lowest BCUT2D eigenvalue weighted by Crippen LogP contribution is -2.24. The van der Waals surface area contributed by atoms with Crippen LogP contribution in [-0.2, 0) is 0 Å². The van der Waals surface area contributed by atoms with Crippen LogP contribution in [0.5, 0.6) is 5.88 Å². The summed E-state index contributed by atoms with van der Waals surface area (Å²) in [6, 6.07) is 1.99. The van der Waals surface area contributed by atoms with Crippen LogP contribution < -0.4 is 4.74 Å². The first-order chi connectivity index (χ1) is 10.5. The van der Waals surface area contributed by atoms with Gasteiger partial charge in [0.05, 0.1) is 22.2 Å². The molecule has 0 bridgehead atoms. The summed E-state index contributed by atoms with van der Waals surface area (Å²) in [6.45, 7) is 7.29. The smallest absolute Gasteiger partial charge is 0.228 e. The fraction of sp³-hybridized carbons (Fsp3) is 0.647. The number of aliphatic imine (C=N–C) groups is 1. The van der Waals surface area contributed by atoms with Crippen molar-refractivity contribution in [3.63, 3.8) is 0 Å². The molecule has 2 atom stereocenters. The van der Waals surface area contributed by atoms with Crippen molar-refractivity contribution >= 4 is 28.0 Å². The van der Waals surface area contributed by atoms with Gasteiger partial charge in [-0.3, -0.25) is 0 Å². The molecular formula is C17H26BrN3O. The van der Waals surface area contributed by atoms with E-state index in [1.807, 2.05) is 31.3 Å². The molecular weight excluding hydrogens is 342 g/mol. The normalized spacial score (nSPS) is 22.0. The minimum atomic E-state index is 0.285. The van der Waals surface area contributed by atoms with Gasteiger partial charge in [-0.15, -0.1) is 0 Å². The summed E-state index contributed by atoms with van der Waals surface area (Å²) in [5.41, 5.74) is 1.76. The van der Waals surface area contributed by atoms with Crippen LogP contribution in [0.3, 0.4) is 0 Å². The predicted molar refractivity (Wildman–Crippen MR) is 95.2 cm³/mol. The van der Waals surface area contributed by atoms with E-state index in [9.17, 15) is 0 Å². The molecule has 0 aromatic carbocycles. The van der Waals surface area contributed by atoms with Crippen molar-refractivity contribution in [3.8, 4) is 5.88 Å². The minimum absolute atomic E-state index is 0.285. The van der Waals surface area contributed by atoms with E-state index in [2.05, 4.69) is 39.8 Å². The molecule has 0 radical (unpaired) electrons. The van der Waals surface area contributed by atoms with Gasteiger partial charge in [0.1, 0.15) is 6.10 Å². The lowest BCUT2D eigenvalue weighted by atomic mass is 9.89. The molecule has 0 saturated heterocycles. The molecule has 1 heterocycles. The highest BCUT2D eigenvalue weighted by molar-refractivity contribution is 9.10. The highest BCUT2D eigenvalue weighted by atomic mass is 79.9. The molecule has 2 rings (SSSR count). The Bertz CT molecular complexity index is 533. The second kappa shape index (κ2) is 7.95. The maximum Gasteiger partial charge on any atom is 0.228 e. The average Bonchev–Trinajstić information content (AvgIpc) is 2.49. The molecule has 122 valence electrons. The second-order valence-corrected chi connectivity index (χ2v) is 7.06. The number of halogens is 1. The summed E-state index contributed by atoms with van der Waals surface area (Å²) >= 11 is 3.57. The van der Waals surface area contributed by atoms with E-state index in [0.29, 0.717) is 5.88 Å². The Labute approximate surface area is 142 Å². The fourth-order valence-corrected chi connectivity index (χ4v) is 3.05. The van der Waals surface area contributed by atoms with Crippen molar-refractivity contribution < 1.29 is 4.74 Å². The summed E-state index contributed by atoms with van der Waals surface area (Å²) in [6.07, 6.45) is 6.92. The van der Waals surface area contributed by atoms with Crippen LogP contribution in [0.2, 0.25) is 0 Å². The summed E-state index contributed by atoms with van der Waals surface area (Å²) in [7, 11) is 2.00. The Hall–Kier alpha value is -1.10. The van der Waals surface area contributed by atoms with Gasteiger partial charge in [0.15, 0.2) is 0 Å². The van der Waals surface area contributed by atoms with Crippen LogP contribution in [-0.4, -0.2) is 35.9 Å². The standard InChI is InChI=1S/C17H26BrN3O/c1-5-21(4)11-19-16-10-15(18)17(20-13(16)3)22-14-8-6-7-12(2)9-14/h10-12,14H,5-9H2,1-4H3/b19-11+. The quantitative estimate of drug-likeness (QED) is 0.557. The third-order valence-electron chi connectivity index (χ3n) is 4.17. The fourth-order valence-electron chi connectivity index (χ4n) is 2.65. The SMILES string of the molecule is CCN(C)/C=N/c1cc(Br)c(OC2CCCC(C)C2)nc1C. The van der Waals surface area contributed by atoms with Gasteiger partial charge in [0.25, 0.3) is 0 Å². The third kappa shape index (κ3) is 4.70. The first-order valence-electron chi connectivity index (χ1n) is 8.07. The van der Waals surface area contributed by atoms with Gasteiger partial charge < -0.3 is 9.64 Å². The number of aryl methyl sites for hydroxylation is 1. The van der Waals surface area contributed by atoms with Crippen molar-refractivity contribution in [1.29, 1.82) is 0 Å². The first-order valence-corrected chi connectivity index (χ1v) is 8.87. The Balaban J connectivity index is 2.10. The Morgan fingerprint density at radius 3 is 2.95 bits per heavy atom. The molecule has 1 saturated carbocycles. The molecule has 4 nitrogen and oxygen atoms in total. The molecule has 1 aliphatic rings. The number of nitrogens with zero attached hydrogens (tertiary/aromatic N) is 3. The molecule has 0 spiro atoms. The summed E-state index contributed by atoms with van der Waals surface area (Å²) in [5.74, 6) is 1.44. The maximum absolute atomic E-state index is 6.12. The lowest BCUT2D eigenvalue weighted by Gasteiger charge is -2.27. The van der Waals surface area contributed by atoms with Gasteiger partial charge in [-0.25, -0.2) is 9.98 Å². The van der Waals surface area contributed by atoms with Gasteiger partial charge in [-0.05, 0) is 61.0 Å². The van der Waals surface area contributed by atoms with Crippen LogP contribution in [0.15, 0.2) is 15.5 Å². The monoisotopic (exact) mass is 367 g/mol. The topological polar surface area (TPSA) is 37.7 Å². The molecule has 1 aromatic heterocycles. The third-order valence-corrected chi connectivity index (χ3v) is 4.74. The average molecular weight is 368 g/mol. The number of pyridine rings is 1. The van der Waals surface area contributed by atoms with E-state index in [4.69, 9.17) is 4.74 Å². The number of hydrogen-bond acceptors (Lipinski definition) is 3. The van der Waals surface area contributed by atoms with Crippen molar-refractivity contribution in [2.45, 2.75) is 52.6 Å². The predicted octanol–water partition coefficient (Wildman–Crippen LogP) is 4.72. The van der Waals surface area contributed by atoms with Crippen LogP contribution in [0.25, 0.3) is 0 Å². The van der Waals surface area contributed by atoms with Gasteiger partial charge in [0.2, 0.25) is 5.88 Å². The summed E-state index contributed by atoms with van der Waals surface area (Å²) < 4.78 is 7.00. The zero-order valence-electron chi connectivity index (χ0n) is 14.0. The summed E-state index contributed by atoms with van der Waals surface area (Å²) in [5, 5.41) is 0. The van der Waals surface area contributed by atoms with E-state index >= 15 is 0 Å². The highest BCUT2D eigenvalue weighted by Gasteiger charge is 2.22. The van der Waals surface area contributed by atoms with Crippen LogP contribution in [0.4, 0.5) is 5.69 Å². The number of ether oxygens (including phenoxy) is 1. The van der Waals surface area contributed by atoms with E-state index in [-0.39, 0.29) is 6.10 Å². The van der Waals surface area contributed by atoms with Gasteiger partial charge >= 0.3 is 0 Å². The van der Waals surface area contributed by atoms with E-state index < -0.39 is 0 Å². The summed E-state index contributed by atoms with van der Waals surface area (Å²) in [4.78, 5) is 11.1. The molecule has 0 aliphatic heterocycles. The number of hydrogen-bond donors (Lipinski definition) is 0. The largest absolute Gasteiger partial charge is 0.474 e. The van der Waals surface area contributed by atoms with Crippen molar-refractivity contribution in [1.82, 2.24) is 9.88 Å². The minimum Gasteiger partial charge on any atom is -0.474 e. The zero-order chi connectivity index (χ0) is 16.1. The van der Waals surface area contributed by atoms with Gasteiger partial charge in [-0.2, -0.15) is 0 Å². The Morgan fingerprint density at radius 1 is 1.50 bits per heavy atom. The van der Waals surface area contributed by atoms with E-state index in [1.54, 1.807) is 0 Å². The van der Waals surface area contributed by atoms with Crippen LogP contribution >= 0.6 is 15.9 Å². The molecule has 1 aliphatic carbocycles. The maximum atomic E-state index is 6.12. The molecule has 22 heavy (non-hydrogen) atoms. The molecule has 1 fully saturated rings. The second-order valence-electron chi connectivity index (χ2n) is 6.21. The zero-order valence-corrected chi connectivity index (χ0v) is 15.6. The van der Waals surface area contributed by atoms with E-state index in [1.165, 1.54) is 12.8 Å². The van der Waals surface area contributed by atoms with Crippen molar-refractivity contribution in [2.24, 2.45) is 10.9 Å². The highest BCUT2D eigenvalue weighted by Crippen LogP contribution is 2.33. The lowest BCUT2D eigenvalue weighted by molar-refractivity contribution is 0.123. The molecule has 2 unspecified atom stereocenters. The van der Waals surface area contributed by atoms with E-state index in [0.717, 1.165) is 41.2 Å². The van der Waals surface area contributed by atoms with Gasteiger partial charge in [-0.1, -0.05) is 13.3 Å². The van der Waals surface area contributed by atoms with Crippen molar-refractivity contribution in [3.05, 3.63) is 16.2 Å². The number of aromatic nitrogens is 1. The Morgan fingerprint density at radius 2 is 2.27 bits per heavy atom. The molecule has 5 heteroatoms. The molecule has 0 amide bonds. The molecule has 0 N–H and O–H groups in total. The number of rotatable bonds is 5. The molecule has 1 aromatic rings. The van der Waals surface area contributed by atoms with Crippen LogP contribution in [0, 0.1) is 12.8 Å². The first kappa shape index (κ1) is 17.3. The van der Waals surface area contributed by atoms with Gasteiger partial charge in [0, 0.05) is 13.6 Å². The van der Waals surface area contributed by atoms with Crippen LogP contribution in [0.1, 0.15) is 45.2 Å². The van der Waals surface area contributed by atoms with Crippen molar-refractivity contribution in [2.75, 3.05) is 13.6 Å².